The SMILES string of the molecule is Cc1ccc(NC(=O)CCC(=O)NNC(=S)NC(=O)C(C)C)cc1C. The molecule has 25 heavy (non-hydrogen) atoms. The molecule has 0 bridgehead atoms. The van der Waals surface area contributed by atoms with Crippen molar-refractivity contribution in [3.63, 3.8) is 0 Å². The van der Waals surface area contributed by atoms with Gasteiger partial charge in [-0.15, -0.1) is 0 Å². The fourth-order valence-corrected chi connectivity index (χ4v) is 1.90. The summed E-state index contributed by atoms with van der Waals surface area (Å²) in [7, 11) is 0. The number of hydrogen-bond acceptors (Lipinski definition) is 4. The molecular weight excluding hydrogens is 340 g/mol. The first-order valence-electron chi connectivity index (χ1n) is 7.96. The van der Waals surface area contributed by atoms with Crippen molar-refractivity contribution in [1.29, 1.82) is 0 Å². The van der Waals surface area contributed by atoms with Gasteiger partial charge in [-0.25, -0.2) is 0 Å². The van der Waals surface area contributed by atoms with Gasteiger partial charge in [-0.05, 0) is 49.3 Å². The lowest BCUT2D eigenvalue weighted by molar-refractivity contribution is -0.125. The second-order valence-electron chi connectivity index (χ2n) is 5.99. The molecule has 1 aromatic carbocycles. The largest absolute Gasteiger partial charge is 0.326 e. The topological polar surface area (TPSA) is 99.3 Å². The van der Waals surface area contributed by atoms with Crippen molar-refractivity contribution >= 4 is 40.7 Å². The van der Waals surface area contributed by atoms with Crippen LogP contribution in [0, 0.1) is 19.8 Å². The molecule has 0 fully saturated rings. The predicted molar refractivity (Wildman–Crippen MR) is 101 cm³/mol. The van der Waals surface area contributed by atoms with E-state index >= 15 is 0 Å². The first kappa shape index (κ1) is 20.6. The van der Waals surface area contributed by atoms with Crippen LogP contribution in [0.2, 0.25) is 0 Å². The van der Waals surface area contributed by atoms with E-state index in [-0.39, 0.29) is 35.7 Å². The Hall–Kier alpha value is -2.48. The number of anilines is 1. The van der Waals surface area contributed by atoms with Crippen molar-refractivity contribution < 1.29 is 14.4 Å². The maximum absolute atomic E-state index is 11.9. The van der Waals surface area contributed by atoms with Crippen molar-refractivity contribution in [2.24, 2.45) is 5.92 Å². The minimum atomic E-state index is -0.406. The zero-order chi connectivity index (χ0) is 19.0. The Morgan fingerprint density at radius 1 is 1.00 bits per heavy atom. The van der Waals surface area contributed by atoms with Crippen LogP contribution >= 0.6 is 12.2 Å². The summed E-state index contributed by atoms with van der Waals surface area (Å²) in [6.45, 7) is 7.41. The predicted octanol–water partition coefficient (Wildman–Crippen LogP) is 1.70. The highest BCUT2D eigenvalue weighted by molar-refractivity contribution is 7.80. The van der Waals surface area contributed by atoms with E-state index in [1.807, 2.05) is 32.0 Å². The van der Waals surface area contributed by atoms with Crippen LogP contribution in [0.15, 0.2) is 18.2 Å². The molecule has 0 aliphatic rings. The molecule has 0 saturated heterocycles. The van der Waals surface area contributed by atoms with Crippen molar-refractivity contribution in [2.75, 3.05) is 5.32 Å². The Kier molecular flexibility index (Phi) is 8.00. The summed E-state index contributed by atoms with van der Waals surface area (Å²) < 4.78 is 0. The molecule has 8 heteroatoms. The highest BCUT2D eigenvalue weighted by Crippen LogP contribution is 2.14. The minimum absolute atomic E-state index is 0.00614. The molecule has 0 radical (unpaired) electrons. The van der Waals surface area contributed by atoms with Crippen molar-refractivity contribution in [1.82, 2.24) is 16.2 Å². The molecule has 136 valence electrons. The van der Waals surface area contributed by atoms with E-state index < -0.39 is 5.91 Å². The quantitative estimate of drug-likeness (QED) is 0.471. The van der Waals surface area contributed by atoms with Gasteiger partial charge >= 0.3 is 0 Å². The van der Waals surface area contributed by atoms with Crippen LogP contribution in [0.5, 0.6) is 0 Å². The second kappa shape index (κ2) is 9.73. The van der Waals surface area contributed by atoms with Crippen LogP contribution in [-0.4, -0.2) is 22.8 Å². The standard InChI is InChI=1S/C17H24N4O3S/c1-10(2)16(24)19-17(25)21-20-15(23)8-7-14(22)18-13-6-5-11(3)12(4)9-13/h5-6,9-10H,7-8H2,1-4H3,(H,18,22)(H,20,23)(H2,19,21,24,25). The highest BCUT2D eigenvalue weighted by Gasteiger charge is 2.10. The van der Waals surface area contributed by atoms with Crippen LogP contribution in [-0.2, 0) is 14.4 Å². The van der Waals surface area contributed by atoms with E-state index in [4.69, 9.17) is 12.2 Å². The van der Waals surface area contributed by atoms with Crippen molar-refractivity contribution in [3.8, 4) is 0 Å². The second-order valence-corrected chi connectivity index (χ2v) is 6.40. The first-order chi connectivity index (χ1) is 11.7. The Morgan fingerprint density at radius 2 is 1.64 bits per heavy atom. The van der Waals surface area contributed by atoms with Gasteiger partial charge in [0.25, 0.3) is 0 Å². The van der Waals surface area contributed by atoms with Gasteiger partial charge in [0.2, 0.25) is 17.7 Å². The Morgan fingerprint density at radius 3 is 2.24 bits per heavy atom. The van der Waals surface area contributed by atoms with Gasteiger partial charge in [0.05, 0.1) is 0 Å². The summed E-state index contributed by atoms with van der Waals surface area (Å²) in [6.07, 6.45) is 0.0238. The smallest absolute Gasteiger partial charge is 0.238 e. The third kappa shape index (κ3) is 7.75. The molecule has 0 spiro atoms. The number of nitrogens with one attached hydrogen (secondary N) is 4. The van der Waals surface area contributed by atoms with Crippen molar-refractivity contribution in [2.45, 2.75) is 40.5 Å². The molecule has 0 aliphatic heterocycles. The molecule has 7 nitrogen and oxygen atoms in total. The number of benzene rings is 1. The van der Waals surface area contributed by atoms with E-state index in [2.05, 4.69) is 21.5 Å². The lowest BCUT2D eigenvalue weighted by atomic mass is 10.1. The zero-order valence-electron chi connectivity index (χ0n) is 14.9. The lowest BCUT2D eigenvalue weighted by Gasteiger charge is -2.12. The fraction of sp³-hybridized carbons (Fsp3) is 0.412. The highest BCUT2D eigenvalue weighted by atomic mass is 32.1. The summed E-state index contributed by atoms with van der Waals surface area (Å²) in [5.41, 5.74) is 7.68. The third-order valence-electron chi connectivity index (χ3n) is 3.45. The summed E-state index contributed by atoms with van der Waals surface area (Å²) >= 11 is 4.88. The van der Waals surface area contributed by atoms with E-state index in [1.165, 1.54) is 0 Å². The number of thiocarbonyl (C=S) groups is 1. The van der Waals surface area contributed by atoms with Crippen LogP contribution in [0.3, 0.4) is 0 Å². The minimum Gasteiger partial charge on any atom is -0.326 e. The van der Waals surface area contributed by atoms with E-state index in [9.17, 15) is 14.4 Å². The van der Waals surface area contributed by atoms with Gasteiger partial charge in [-0.2, -0.15) is 0 Å². The van der Waals surface area contributed by atoms with Gasteiger partial charge in [-0.3, -0.25) is 25.2 Å². The normalized spacial score (nSPS) is 10.1. The number of carbonyl (C=O) groups excluding carboxylic acids is 3. The number of carbonyl (C=O) groups is 3. The molecule has 0 aliphatic carbocycles. The molecule has 0 saturated carbocycles. The number of amides is 3. The maximum Gasteiger partial charge on any atom is 0.238 e. The summed E-state index contributed by atoms with van der Waals surface area (Å²) in [5, 5.41) is 5.18. The summed E-state index contributed by atoms with van der Waals surface area (Å²) in [4.78, 5) is 35.0. The molecule has 3 amide bonds. The molecule has 0 aromatic heterocycles. The van der Waals surface area contributed by atoms with Gasteiger partial charge in [0.15, 0.2) is 5.11 Å². The number of hydrogen-bond donors (Lipinski definition) is 4. The Labute approximate surface area is 152 Å². The number of aryl methyl sites for hydroxylation is 2. The van der Waals surface area contributed by atoms with Crippen LogP contribution in [0.4, 0.5) is 5.69 Å². The number of hydrazine groups is 1. The molecule has 0 atom stereocenters. The number of rotatable bonds is 5. The van der Waals surface area contributed by atoms with E-state index in [1.54, 1.807) is 13.8 Å². The fourth-order valence-electron chi connectivity index (χ4n) is 1.75. The monoisotopic (exact) mass is 364 g/mol. The summed E-state index contributed by atoms with van der Waals surface area (Å²) in [5.74, 6) is -1.13. The van der Waals surface area contributed by atoms with Crippen LogP contribution in [0.1, 0.15) is 37.8 Å². The average Bonchev–Trinajstić information content (AvgIpc) is 2.54. The van der Waals surface area contributed by atoms with Crippen LogP contribution in [0.25, 0.3) is 0 Å². The van der Waals surface area contributed by atoms with Gasteiger partial charge in [0.1, 0.15) is 0 Å². The molecule has 1 rings (SSSR count). The van der Waals surface area contributed by atoms with Gasteiger partial charge < -0.3 is 10.6 Å². The molecule has 0 heterocycles. The van der Waals surface area contributed by atoms with Crippen molar-refractivity contribution in [3.05, 3.63) is 29.3 Å². The Balaban J connectivity index is 2.31. The van der Waals surface area contributed by atoms with Crippen LogP contribution < -0.4 is 21.5 Å². The average molecular weight is 364 g/mol. The zero-order valence-corrected chi connectivity index (χ0v) is 15.7. The third-order valence-corrected chi connectivity index (χ3v) is 3.65. The van der Waals surface area contributed by atoms with Gasteiger partial charge in [-0.1, -0.05) is 19.9 Å². The van der Waals surface area contributed by atoms with E-state index in [0.29, 0.717) is 5.69 Å². The molecule has 4 N–H and O–H groups in total. The maximum atomic E-state index is 11.9. The lowest BCUT2D eigenvalue weighted by Crippen LogP contribution is -2.49. The first-order valence-corrected chi connectivity index (χ1v) is 8.36. The summed E-state index contributed by atoms with van der Waals surface area (Å²) in [6, 6.07) is 5.62. The van der Waals surface area contributed by atoms with Gasteiger partial charge in [0, 0.05) is 24.4 Å². The molecule has 0 unspecified atom stereocenters. The molecule has 1 aromatic rings. The van der Waals surface area contributed by atoms with E-state index in [0.717, 1.165) is 11.1 Å². The Bertz CT molecular complexity index is 674. The molecular formula is C17H24N4O3S.